The van der Waals surface area contributed by atoms with Gasteiger partial charge in [-0.05, 0) is 44.1 Å². The molecule has 2 aliphatic carbocycles. The summed E-state index contributed by atoms with van der Waals surface area (Å²) < 4.78 is 5.73. The van der Waals surface area contributed by atoms with Crippen LogP contribution in [0.25, 0.3) is 0 Å². The standard InChI is InChI=1S/C21H30O3/c1-6-7-8-9-20(23)24-19-11-10-16-12-18(22)17(14(2)3)13-21(16,5)15(19)4/h8-9,12,15,17,19H,2,6-7,10-11,13H2,1,3-5H3. The van der Waals surface area contributed by atoms with Crippen LogP contribution in [0.4, 0.5) is 0 Å². The summed E-state index contributed by atoms with van der Waals surface area (Å²) >= 11 is 0. The van der Waals surface area contributed by atoms with Gasteiger partial charge in [-0.1, -0.05) is 51.0 Å². The maximum absolute atomic E-state index is 12.3. The number of carbonyl (C=O) groups excluding carboxylic acids is 2. The Morgan fingerprint density at radius 3 is 2.83 bits per heavy atom. The van der Waals surface area contributed by atoms with Crippen LogP contribution < -0.4 is 0 Å². The van der Waals surface area contributed by atoms with E-state index in [0.717, 1.165) is 37.7 Å². The Morgan fingerprint density at radius 1 is 1.50 bits per heavy atom. The zero-order valence-electron chi connectivity index (χ0n) is 15.4. The maximum atomic E-state index is 12.3. The molecule has 1 saturated carbocycles. The SMILES string of the molecule is C=C(C)C1CC2(C)C(=CC1=O)CCC(OC(=O)C=CCCC)C2C. The summed E-state index contributed by atoms with van der Waals surface area (Å²) in [6, 6.07) is 0. The molecule has 3 heteroatoms. The van der Waals surface area contributed by atoms with Crippen LogP contribution in [0.1, 0.15) is 59.8 Å². The first-order chi connectivity index (χ1) is 11.3. The second-order valence-electron chi connectivity index (χ2n) is 7.59. The van der Waals surface area contributed by atoms with Crippen molar-refractivity contribution in [2.24, 2.45) is 17.3 Å². The van der Waals surface area contributed by atoms with Gasteiger partial charge in [0.1, 0.15) is 6.10 Å². The van der Waals surface area contributed by atoms with E-state index in [4.69, 9.17) is 4.74 Å². The van der Waals surface area contributed by atoms with Crippen molar-refractivity contribution >= 4 is 11.8 Å². The van der Waals surface area contributed by atoms with Gasteiger partial charge in [0.2, 0.25) is 0 Å². The van der Waals surface area contributed by atoms with Crippen molar-refractivity contribution in [3.63, 3.8) is 0 Å². The van der Waals surface area contributed by atoms with Crippen LogP contribution in [0.3, 0.4) is 0 Å². The predicted octanol–water partition coefficient (Wildman–Crippen LogP) is 4.78. The van der Waals surface area contributed by atoms with Crippen molar-refractivity contribution in [1.82, 2.24) is 0 Å². The summed E-state index contributed by atoms with van der Waals surface area (Å²) in [4.78, 5) is 24.3. The van der Waals surface area contributed by atoms with E-state index in [1.54, 1.807) is 6.08 Å². The van der Waals surface area contributed by atoms with Gasteiger partial charge < -0.3 is 4.74 Å². The van der Waals surface area contributed by atoms with Crippen molar-refractivity contribution in [2.45, 2.75) is 65.9 Å². The number of ether oxygens (including phenoxy) is 1. The van der Waals surface area contributed by atoms with Gasteiger partial charge in [0.15, 0.2) is 5.78 Å². The number of hydrogen-bond acceptors (Lipinski definition) is 3. The molecular weight excluding hydrogens is 300 g/mol. The number of hydrogen-bond donors (Lipinski definition) is 0. The lowest BCUT2D eigenvalue weighted by Crippen LogP contribution is -2.46. The highest BCUT2D eigenvalue weighted by molar-refractivity contribution is 5.95. The third-order valence-electron chi connectivity index (χ3n) is 5.85. The third kappa shape index (κ3) is 3.71. The normalized spacial score (nSPS) is 33.1. The van der Waals surface area contributed by atoms with Crippen molar-refractivity contribution in [1.29, 1.82) is 0 Å². The fraction of sp³-hybridized carbons (Fsp3) is 0.619. The van der Waals surface area contributed by atoms with E-state index in [1.807, 2.05) is 19.1 Å². The molecule has 4 atom stereocenters. The maximum Gasteiger partial charge on any atom is 0.330 e. The minimum Gasteiger partial charge on any atom is -0.459 e. The zero-order valence-corrected chi connectivity index (χ0v) is 15.4. The molecule has 132 valence electrons. The first kappa shape index (κ1) is 18.7. The smallest absolute Gasteiger partial charge is 0.330 e. The summed E-state index contributed by atoms with van der Waals surface area (Å²) in [5, 5.41) is 0. The van der Waals surface area contributed by atoms with Gasteiger partial charge in [-0.3, -0.25) is 4.79 Å². The lowest BCUT2D eigenvalue weighted by molar-refractivity contribution is -0.150. The summed E-state index contributed by atoms with van der Waals surface area (Å²) in [5.41, 5.74) is 2.03. The van der Waals surface area contributed by atoms with Crippen LogP contribution in [0.15, 0.2) is 36.0 Å². The fourth-order valence-electron chi connectivity index (χ4n) is 4.00. The van der Waals surface area contributed by atoms with Crippen LogP contribution >= 0.6 is 0 Å². The first-order valence-corrected chi connectivity index (χ1v) is 9.07. The second-order valence-corrected chi connectivity index (χ2v) is 7.59. The Labute approximate surface area is 145 Å². The minimum absolute atomic E-state index is 0.0927. The quantitative estimate of drug-likeness (QED) is 0.414. The van der Waals surface area contributed by atoms with E-state index in [9.17, 15) is 9.59 Å². The molecule has 1 fully saturated rings. The van der Waals surface area contributed by atoms with Crippen molar-refractivity contribution < 1.29 is 14.3 Å². The van der Waals surface area contributed by atoms with Crippen molar-refractivity contribution in [3.8, 4) is 0 Å². The lowest BCUT2D eigenvalue weighted by atomic mass is 9.57. The van der Waals surface area contributed by atoms with Crippen molar-refractivity contribution in [2.75, 3.05) is 0 Å². The van der Waals surface area contributed by atoms with Gasteiger partial charge in [0.25, 0.3) is 0 Å². The predicted molar refractivity (Wildman–Crippen MR) is 96.4 cm³/mol. The highest BCUT2D eigenvalue weighted by Crippen LogP contribution is 2.52. The Kier molecular flexibility index (Phi) is 5.84. The van der Waals surface area contributed by atoms with E-state index in [0.29, 0.717) is 0 Å². The largest absolute Gasteiger partial charge is 0.459 e. The molecule has 0 radical (unpaired) electrons. The van der Waals surface area contributed by atoms with Crippen LogP contribution in [0.5, 0.6) is 0 Å². The molecule has 4 unspecified atom stereocenters. The Bertz CT molecular complexity index is 584. The molecule has 0 aromatic heterocycles. The fourth-order valence-corrected chi connectivity index (χ4v) is 4.00. The summed E-state index contributed by atoms with van der Waals surface area (Å²) in [7, 11) is 0. The molecule has 0 amide bonds. The molecule has 2 aliphatic rings. The number of esters is 1. The average Bonchev–Trinajstić information content (AvgIpc) is 2.52. The summed E-state index contributed by atoms with van der Waals surface area (Å²) in [6.45, 7) is 12.3. The molecule has 0 heterocycles. The number of fused-ring (bicyclic) bond motifs is 1. The molecular formula is C21H30O3. The highest BCUT2D eigenvalue weighted by Gasteiger charge is 2.48. The molecule has 0 aromatic rings. The summed E-state index contributed by atoms with van der Waals surface area (Å²) in [5.74, 6) is 0.0101. The number of unbranched alkanes of at least 4 members (excludes halogenated alkanes) is 1. The van der Waals surface area contributed by atoms with Gasteiger partial charge in [-0.2, -0.15) is 0 Å². The zero-order chi connectivity index (χ0) is 17.9. The Morgan fingerprint density at radius 2 is 2.21 bits per heavy atom. The van der Waals surface area contributed by atoms with Gasteiger partial charge in [0.05, 0.1) is 0 Å². The van der Waals surface area contributed by atoms with Gasteiger partial charge >= 0.3 is 5.97 Å². The number of ketones is 1. The monoisotopic (exact) mass is 330 g/mol. The molecule has 0 aromatic carbocycles. The van der Waals surface area contributed by atoms with Crippen LogP contribution in [-0.2, 0) is 14.3 Å². The van der Waals surface area contributed by atoms with Gasteiger partial charge in [-0.15, -0.1) is 0 Å². The average molecular weight is 330 g/mol. The lowest BCUT2D eigenvalue weighted by Gasteiger charge is -2.49. The summed E-state index contributed by atoms with van der Waals surface area (Å²) in [6.07, 6.45) is 9.46. The molecule has 0 N–H and O–H groups in total. The van der Waals surface area contributed by atoms with Gasteiger partial charge in [0, 0.05) is 17.9 Å². The van der Waals surface area contributed by atoms with Gasteiger partial charge in [-0.25, -0.2) is 4.79 Å². The van der Waals surface area contributed by atoms with Crippen LogP contribution in [0.2, 0.25) is 0 Å². The van der Waals surface area contributed by atoms with E-state index in [-0.39, 0.29) is 35.1 Å². The molecule has 0 spiro atoms. The highest BCUT2D eigenvalue weighted by atomic mass is 16.5. The minimum atomic E-state index is -0.250. The van der Waals surface area contributed by atoms with Crippen LogP contribution in [0, 0.1) is 17.3 Å². The molecule has 2 rings (SSSR count). The molecule has 24 heavy (non-hydrogen) atoms. The molecule has 0 bridgehead atoms. The molecule has 3 nitrogen and oxygen atoms in total. The number of allylic oxidation sites excluding steroid dienone is 4. The Balaban J connectivity index is 2.14. The van der Waals surface area contributed by atoms with E-state index >= 15 is 0 Å². The second kappa shape index (κ2) is 7.50. The van der Waals surface area contributed by atoms with E-state index in [2.05, 4.69) is 27.4 Å². The van der Waals surface area contributed by atoms with E-state index < -0.39 is 0 Å². The molecule has 0 aliphatic heterocycles. The number of carbonyl (C=O) groups is 2. The number of rotatable bonds is 5. The van der Waals surface area contributed by atoms with Crippen LogP contribution in [-0.4, -0.2) is 17.9 Å². The third-order valence-corrected chi connectivity index (χ3v) is 5.85. The van der Waals surface area contributed by atoms with Crippen molar-refractivity contribution in [3.05, 3.63) is 36.0 Å². The topological polar surface area (TPSA) is 43.4 Å². The first-order valence-electron chi connectivity index (χ1n) is 9.07. The van der Waals surface area contributed by atoms with E-state index in [1.165, 1.54) is 5.57 Å². The molecule has 0 saturated heterocycles. The Hall–Kier alpha value is -1.64.